The SMILES string of the molecule is CC(C)Cn1ncnc1CN1CCNC[C@H]1C. The highest BCUT2D eigenvalue weighted by Gasteiger charge is 2.20. The van der Waals surface area contributed by atoms with Crippen LogP contribution in [0.2, 0.25) is 0 Å². The van der Waals surface area contributed by atoms with Crippen LogP contribution in [0.25, 0.3) is 0 Å². The summed E-state index contributed by atoms with van der Waals surface area (Å²) in [4.78, 5) is 6.86. The first-order valence-electron chi connectivity index (χ1n) is 6.48. The Balaban J connectivity index is 1.99. The number of hydrogen-bond donors (Lipinski definition) is 1. The van der Waals surface area contributed by atoms with Crippen molar-refractivity contribution in [3.63, 3.8) is 0 Å². The zero-order chi connectivity index (χ0) is 12.3. The van der Waals surface area contributed by atoms with Crippen LogP contribution in [0.4, 0.5) is 0 Å². The predicted molar refractivity (Wildman–Crippen MR) is 67.6 cm³/mol. The van der Waals surface area contributed by atoms with Crippen LogP contribution in [-0.2, 0) is 13.1 Å². The summed E-state index contributed by atoms with van der Waals surface area (Å²) in [7, 11) is 0. The van der Waals surface area contributed by atoms with Crippen LogP contribution >= 0.6 is 0 Å². The molecule has 17 heavy (non-hydrogen) atoms. The van der Waals surface area contributed by atoms with Crippen LogP contribution in [0.15, 0.2) is 6.33 Å². The Kier molecular flexibility index (Phi) is 4.12. The van der Waals surface area contributed by atoms with Gasteiger partial charge >= 0.3 is 0 Å². The van der Waals surface area contributed by atoms with Gasteiger partial charge in [0.2, 0.25) is 0 Å². The molecule has 0 spiro atoms. The summed E-state index contributed by atoms with van der Waals surface area (Å²) < 4.78 is 2.04. The molecule has 2 rings (SSSR count). The van der Waals surface area contributed by atoms with Crippen molar-refractivity contribution in [2.24, 2.45) is 5.92 Å². The van der Waals surface area contributed by atoms with E-state index in [2.05, 4.69) is 41.1 Å². The molecule has 0 aliphatic carbocycles. The number of rotatable bonds is 4. The minimum atomic E-state index is 0.577. The molecule has 1 aliphatic rings. The van der Waals surface area contributed by atoms with E-state index < -0.39 is 0 Å². The van der Waals surface area contributed by atoms with Crippen molar-refractivity contribution < 1.29 is 0 Å². The van der Waals surface area contributed by atoms with Gasteiger partial charge in [0, 0.05) is 32.2 Å². The molecule has 1 aromatic heterocycles. The first kappa shape index (κ1) is 12.5. The summed E-state index contributed by atoms with van der Waals surface area (Å²) in [5, 5.41) is 7.72. The Bertz CT molecular complexity index is 346. The maximum absolute atomic E-state index is 4.39. The van der Waals surface area contributed by atoms with Crippen molar-refractivity contribution in [1.82, 2.24) is 25.0 Å². The lowest BCUT2D eigenvalue weighted by molar-refractivity contribution is 0.158. The van der Waals surface area contributed by atoms with Crippen molar-refractivity contribution >= 4 is 0 Å². The van der Waals surface area contributed by atoms with Crippen molar-refractivity contribution in [2.45, 2.75) is 39.9 Å². The van der Waals surface area contributed by atoms with Crippen LogP contribution < -0.4 is 5.32 Å². The van der Waals surface area contributed by atoms with E-state index in [9.17, 15) is 0 Å². The lowest BCUT2D eigenvalue weighted by atomic mass is 10.2. The number of piperazine rings is 1. The molecule has 1 saturated heterocycles. The third-order valence-electron chi connectivity index (χ3n) is 3.22. The summed E-state index contributed by atoms with van der Waals surface area (Å²) >= 11 is 0. The molecular weight excluding hydrogens is 214 g/mol. The Labute approximate surface area is 103 Å². The highest BCUT2D eigenvalue weighted by molar-refractivity contribution is 4.88. The molecule has 2 heterocycles. The third-order valence-corrected chi connectivity index (χ3v) is 3.22. The van der Waals surface area contributed by atoms with Gasteiger partial charge in [0.25, 0.3) is 0 Å². The summed E-state index contributed by atoms with van der Waals surface area (Å²) in [6, 6.07) is 0.577. The third kappa shape index (κ3) is 3.26. The molecule has 0 bridgehead atoms. The maximum atomic E-state index is 4.39. The van der Waals surface area contributed by atoms with Crippen LogP contribution in [0.5, 0.6) is 0 Å². The smallest absolute Gasteiger partial charge is 0.141 e. The first-order chi connectivity index (χ1) is 8.16. The maximum Gasteiger partial charge on any atom is 0.141 e. The van der Waals surface area contributed by atoms with Gasteiger partial charge in [-0.3, -0.25) is 4.90 Å². The number of nitrogens with one attached hydrogen (secondary N) is 1. The molecule has 0 saturated carbocycles. The van der Waals surface area contributed by atoms with Crippen molar-refractivity contribution in [2.75, 3.05) is 19.6 Å². The van der Waals surface area contributed by atoms with Gasteiger partial charge in [0.05, 0.1) is 6.54 Å². The second-order valence-electron chi connectivity index (χ2n) is 5.28. The largest absolute Gasteiger partial charge is 0.314 e. The van der Waals surface area contributed by atoms with E-state index in [-0.39, 0.29) is 0 Å². The molecule has 1 N–H and O–H groups in total. The normalized spacial score (nSPS) is 22.2. The fourth-order valence-electron chi connectivity index (χ4n) is 2.21. The molecule has 0 amide bonds. The average Bonchev–Trinajstić information content (AvgIpc) is 2.68. The van der Waals surface area contributed by atoms with Crippen molar-refractivity contribution in [1.29, 1.82) is 0 Å². The Morgan fingerprint density at radius 1 is 1.53 bits per heavy atom. The fraction of sp³-hybridized carbons (Fsp3) is 0.833. The second-order valence-corrected chi connectivity index (χ2v) is 5.28. The Hall–Kier alpha value is -0.940. The van der Waals surface area contributed by atoms with E-state index in [0.717, 1.165) is 38.5 Å². The minimum absolute atomic E-state index is 0.577. The van der Waals surface area contributed by atoms with Gasteiger partial charge in [-0.15, -0.1) is 0 Å². The van der Waals surface area contributed by atoms with Crippen molar-refractivity contribution in [3.05, 3.63) is 12.2 Å². The van der Waals surface area contributed by atoms with Gasteiger partial charge in [0.1, 0.15) is 12.2 Å². The quantitative estimate of drug-likeness (QED) is 0.838. The van der Waals surface area contributed by atoms with Gasteiger partial charge in [0.15, 0.2) is 0 Å². The Morgan fingerprint density at radius 3 is 3.06 bits per heavy atom. The topological polar surface area (TPSA) is 46.0 Å². The van der Waals surface area contributed by atoms with Crippen LogP contribution in [-0.4, -0.2) is 45.3 Å². The monoisotopic (exact) mass is 237 g/mol. The molecule has 0 aromatic carbocycles. The van der Waals surface area contributed by atoms with Crippen LogP contribution in [0, 0.1) is 5.92 Å². The van der Waals surface area contributed by atoms with Gasteiger partial charge in [-0.1, -0.05) is 13.8 Å². The number of aromatic nitrogens is 3. The summed E-state index contributed by atoms with van der Waals surface area (Å²) in [6.07, 6.45) is 1.67. The molecule has 0 radical (unpaired) electrons. The van der Waals surface area contributed by atoms with Gasteiger partial charge in [-0.05, 0) is 12.8 Å². The standard InChI is InChI=1S/C12H23N5/c1-10(2)7-17-12(14-9-15-17)8-16-5-4-13-6-11(16)3/h9-11,13H,4-8H2,1-3H3/t11-/m1/s1. The lowest BCUT2D eigenvalue weighted by Gasteiger charge is -2.33. The van der Waals surface area contributed by atoms with Gasteiger partial charge in [-0.2, -0.15) is 5.10 Å². The van der Waals surface area contributed by atoms with Gasteiger partial charge < -0.3 is 5.32 Å². The molecule has 1 aromatic rings. The summed E-state index contributed by atoms with van der Waals surface area (Å²) in [6.45, 7) is 11.8. The predicted octanol–water partition coefficient (Wildman–Crippen LogP) is 0.728. The molecule has 96 valence electrons. The molecule has 1 atom stereocenters. The summed E-state index contributed by atoms with van der Waals surface area (Å²) in [5.41, 5.74) is 0. The zero-order valence-electron chi connectivity index (χ0n) is 11.1. The van der Waals surface area contributed by atoms with E-state index >= 15 is 0 Å². The highest BCUT2D eigenvalue weighted by Crippen LogP contribution is 2.09. The zero-order valence-corrected chi connectivity index (χ0v) is 11.1. The molecule has 1 aliphatic heterocycles. The molecular formula is C12H23N5. The van der Waals surface area contributed by atoms with E-state index in [4.69, 9.17) is 0 Å². The van der Waals surface area contributed by atoms with E-state index in [1.54, 1.807) is 6.33 Å². The van der Waals surface area contributed by atoms with Gasteiger partial charge in [-0.25, -0.2) is 9.67 Å². The van der Waals surface area contributed by atoms with E-state index in [1.165, 1.54) is 0 Å². The van der Waals surface area contributed by atoms with Crippen LogP contribution in [0.1, 0.15) is 26.6 Å². The lowest BCUT2D eigenvalue weighted by Crippen LogP contribution is -2.49. The molecule has 0 unspecified atom stereocenters. The molecule has 1 fully saturated rings. The average molecular weight is 237 g/mol. The summed E-state index contributed by atoms with van der Waals surface area (Å²) in [5.74, 6) is 1.70. The highest BCUT2D eigenvalue weighted by atomic mass is 15.4. The fourth-order valence-corrected chi connectivity index (χ4v) is 2.21. The van der Waals surface area contributed by atoms with E-state index in [0.29, 0.717) is 12.0 Å². The van der Waals surface area contributed by atoms with Crippen LogP contribution in [0.3, 0.4) is 0 Å². The first-order valence-corrected chi connectivity index (χ1v) is 6.48. The Morgan fingerprint density at radius 2 is 2.35 bits per heavy atom. The minimum Gasteiger partial charge on any atom is -0.314 e. The second kappa shape index (κ2) is 5.60. The molecule has 5 nitrogen and oxygen atoms in total. The number of nitrogens with zero attached hydrogens (tertiary/aromatic N) is 4. The van der Waals surface area contributed by atoms with Crippen molar-refractivity contribution in [3.8, 4) is 0 Å². The van der Waals surface area contributed by atoms with E-state index in [1.807, 2.05) is 4.68 Å². The molecule has 5 heteroatoms. The number of hydrogen-bond acceptors (Lipinski definition) is 4.